The van der Waals surface area contributed by atoms with Crippen molar-refractivity contribution in [1.29, 1.82) is 0 Å². The summed E-state index contributed by atoms with van der Waals surface area (Å²) in [6.45, 7) is 0.394. The Bertz CT molecular complexity index is 1200. The van der Waals surface area contributed by atoms with Gasteiger partial charge in [0.15, 0.2) is 0 Å². The van der Waals surface area contributed by atoms with E-state index >= 15 is 0 Å². The van der Waals surface area contributed by atoms with Gasteiger partial charge >= 0.3 is 180 Å². The average molecular weight is 463 g/mol. The molecule has 0 saturated carbocycles. The molecule has 2 aromatic heterocycles. The van der Waals surface area contributed by atoms with E-state index in [0.717, 1.165) is 21.1 Å². The Kier molecular flexibility index (Phi) is 5.93. The molecule has 0 fully saturated rings. The summed E-state index contributed by atoms with van der Waals surface area (Å²) < 4.78 is 2.27. The summed E-state index contributed by atoms with van der Waals surface area (Å²) in [4.78, 5) is 31.9. The Hall–Kier alpha value is -3.41. The first-order valence-electron chi connectivity index (χ1n) is 9.43. The minimum absolute atomic E-state index is 0.0179. The molecule has 4 aromatic rings. The first-order valence-corrected chi connectivity index (χ1v) is 11.1. The Labute approximate surface area is 180 Å². The van der Waals surface area contributed by atoms with E-state index in [1.54, 1.807) is 13.2 Å². The van der Waals surface area contributed by atoms with Crippen molar-refractivity contribution >= 4 is 46.6 Å². The zero-order chi connectivity index (χ0) is 20.9. The van der Waals surface area contributed by atoms with Crippen molar-refractivity contribution in [2.24, 2.45) is 0 Å². The van der Waals surface area contributed by atoms with Crippen molar-refractivity contribution in [1.82, 2.24) is 20.6 Å². The fourth-order valence-electron chi connectivity index (χ4n) is 3.07. The molecular formula is C23H20N4O2Se. The van der Waals surface area contributed by atoms with Gasteiger partial charge < -0.3 is 0 Å². The second-order valence-electron chi connectivity index (χ2n) is 6.63. The van der Waals surface area contributed by atoms with E-state index < -0.39 is 0 Å². The molecule has 150 valence electrons. The van der Waals surface area contributed by atoms with Gasteiger partial charge in [-0.1, -0.05) is 0 Å². The minimum atomic E-state index is -0.118. The molecule has 30 heavy (non-hydrogen) atoms. The van der Waals surface area contributed by atoms with Crippen LogP contribution in [0.5, 0.6) is 0 Å². The number of nitrogens with one attached hydrogen (secondary N) is 3. The standard InChI is InChI=1S/C23H20N4O2Se/c1-24-22(28)16-8-9-19-20(12-16)26-14-21(19)30-18-7-4-5-15(11-18)23(29)27-13-17-6-2-3-10-25-17/h2-12,14,26H,13H2,1H3,(H,24,28)(H,27,29). The van der Waals surface area contributed by atoms with E-state index in [2.05, 4.69) is 20.6 Å². The van der Waals surface area contributed by atoms with Crippen molar-refractivity contribution < 1.29 is 9.59 Å². The summed E-state index contributed by atoms with van der Waals surface area (Å²) in [5, 5.41) is 6.64. The van der Waals surface area contributed by atoms with Gasteiger partial charge in [0.1, 0.15) is 0 Å². The summed E-state index contributed by atoms with van der Waals surface area (Å²) in [5.41, 5.74) is 3.00. The Morgan fingerprint density at radius 3 is 2.67 bits per heavy atom. The fraction of sp³-hybridized carbons (Fsp3) is 0.0870. The number of pyridine rings is 1. The van der Waals surface area contributed by atoms with Crippen LogP contribution in [0.15, 0.2) is 73.1 Å². The van der Waals surface area contributed by atoms with Gasteiger partial charge in [0.05, 0.1) is 0 Å². The van der Waals surface area contributed by atoms with Crippen molar-refractivity contribution in [3.05, 3.63) is 89.9 Å². The summed E-state index contributed by atoms with van der Waals surface area (Å²) in [5.74, 6) is -0.226. The number of carbonyl (C=O) groups is 2. The molecule has 0 atom stereocenters. The summed E-state index contributed by atoms with van der Waals surface area (Å²) in [6.07, 6.45) is 3.69. The predicted molar refractivity (Wildman–Crippen MR) is 119 cm³/mol. The molecular weight excluding hydrogens is 443 g/mol. The maximum absolute atomic E-state index is 12.5. The number of benzene rings is 2. The third kappa shape index (κ3) is 4.43. The second-order valence-corrected chi connectivity index (χ2v) is 8.97. The molecule has 2 amide bonds. The van der Waals surface area contributed by atoms with Crippen LogP contribution in [0.4, 0.5) is 0 Å². The molecule has 0 bridgehead atoms. The van der Waals surface area contributed by atoms with Gasteiger partial charge in [-0.05, 0) is 0 Å². The van der Waals surface area contributed by atoms with Crippen LogP contribution in [0, 0.1) is 0 Å². The van der Waals surface area contributed by atoms with Gasteiger partial charge in [-0.3, -0.25) is 0 Å². The number of hydrogen-bond acceptors (Lipinski definition) is 3. The number of aromatic nitrogens is 2. The van der Waals surface area contributed by atoms with Crippen LogP contribution >= 0.6 is 0 Å². The number of hydrogen-bond donors (Lipinski definition) is 3. The van der Waals surface area contributed by atoms with E-state index in [-0.39, 0.29) is 26.8 Å². The fourth-order valence-corrected chi connectivity index (χ4v) is 5.15. The first-order chi connectivity index (χ1) is 14.6. The maximum atomic E-state index is 12.5. The molecule has 0 radical (unpaired) electrons. The third-order valence-corrected chi connectivity index (χ3v) is 6.81. The molecule has 2 aromatic carbocycles. The van der Waals surface area contributed by atoms with Crippen LogP contribution in [-0.4, -0.2) is 43.8 Å². The zero-order valence-electron chi connectivity index (χ0n) is 16.3. The van der Waals surface area contributed by atoms with Crippen LogP contribution in [0.25, 0.3) is 10.9 Å². The van der Waals surface area contributed by atoms with Gasteiger partial charge in [0.25, 0.3) is 0 Å². The van der Waals surface area contributed by atoms with E-state index in [9.17, 15) is 9.59 Å². The number of aromatic amines is 1. The number of rotatable bonds is 6. The monoisotopic (exact) mass is 464 g/mol. The summed E-state index contributed by atoms with van der Waals surface area (Å²) >= 11 is 0.0179. The number of fused-ring (bicyclic) bond motifs is 1. The molecule has 3 N–H and O–H groups in total. The van der Waals surface area contributed by atoms with Crippen LogP contribution in [0.2, 0.25) is 0 Å². The zero-order valence-corrected chi connectivity index (χ0v) is 18.0. The van der Waals surface area contributed by atoms with Crippen molar-refractivity contribution in [3.63, 3.8) is 0 Å². The topological polar surface area (TPSA) is 86.9 Å². The Balaban J connectivity index is 1.49. The molecule has 0 aliphatic carbocycles. The number of carbonyl (C=O) groups excluding carboxylic acids is 2. The molecule has 0 unspecified atom stereocenters. The van der Waals surface area contributed by atoms with Crippen LogP contribution in [-0.2, 0) is 6.54 Å². The van der Waals surface area contributed by atoms with Gasteiger partial charge in [0, 0.05) is 0 Å². The van der Waals surface area contributed by atoms with E-state index in [4.69, 9.17) is 0 Å². The van der Waals surface area contributed by atoms with Gasteiger partial charge in [-0.15, -0.1) is 0 Å². The predicted octanol–water partition coefficient (Wildman–Crippen LogP) is 1.51. The van der Waals surface area contributed by atoms with Crippen molar-refractivity contribution in [3.8, 4) is 0 Å². The molecule has 0 spiro atoms. The summed E-state index contributed by atoms with van der Waals surface area (Å²) in [7, 11) is 1.62. The molecule has 0 aliphatic heterocycles. The van der Waals surface area contributed by atoms with Crippen LogP contribution in [0.1, 0.15) is 26.4 Å². The van der Waals surface area contributed by atoms with E-state index in [1.807, 2.05) is 66.9 Å². The quantitative estimate of drug-likeness (QED) is 0.379. The van der Waals surface area contributed by atoms with Gasteiger partial charge in [-0.2, -0.15) is 0 Å². The normalized spacial score (nSPS) is 10.7. The van der Waals surface area contributed by atoms with Crippen molar-refractivity contribution in [2.75, 3.05) is 7.05 Å². The summed E-state index contributed by atoms with van der Waals surface area (Å²) in [6, 6.07) is 19.0. The molecule has 0 aliphatic rings. The molecule has 0 saturated heterocycles. The van der Waals surface area contributed by atoms with E-state index in [0.29, 0.717) is 17.7 Å². The van der Waals surface area contributed by atoms with Crippen LogP contribution < -0.4 is 19.6 Å². The van der Waals surface area contributed by atoms with Gasteiger partial charge in [-0.25, -0.2) is 0 Å². The Morgan fingerprint density at radius 1 is 1.00 bits per heavy atom. The first kappa shape index (κ1) is 19.9. The van der Waals surface area contributed by atoms with Gasteiger partial charge in [0.2, 0.25) is 0 Å². The molecule has 6 nitrogen and oxygen atoms in total. The SMILES string of the molecule is CNC(=O)c1ccc2c([Se]c3cccc(C(=O)NCc4ccccn4)c3)c[nH]c2c1. The molecule has 7 heteroatoms. The van der Waals surface area contributed by atoms with Crippen LogP contribution in [0.3, 0.4) is 0 Å². The second kappa shape index (κ2) is 8.95. The number of nitrogens with zero attached hydrogens (tertiary/aromatic N) is 1. The molecule has 2 heterocycles. The third-order valence-electron chi connectivity index (χ3n) is 4.61. The molecule has 4 rings (SSSR count). The van der Waals surface area contributed by atoms with Crippen molar-refractivity contribution in [2.45, 2.75) is 6.54 Å². The average Bonchev–Trinajstić information content (AvgIpc) is 3.19. The number of H-pyrrole nitrogens is 1. The number of amides is 2. The van der Waals surface area contributed by atoms with E-state index in [1.165, 1.54) is 4.46 Å². The Morgan fingerprint density at radius 2 is 1.87 bits per heavy atom.